The molecule has 4 nitrogen and oxygen atoms in total. The summed E-state index contributed by atoms with van der Waals surface area (Å²) in [5, 5.41) is 0. The molecule has 5 heteroatoms. The van der Waals surface area contributed by atoms with E-state index in [1.807, 2.05) is 6.92 Å². The van der Waals surface area contributed by atoms with Crippen LogP contribution in [0.2, 0.25) is 0 Å². The molecule has 0 aromatic carbocycles. The summed E-state index contributed by atoms with van der Waals surface area (Å²) < 4.78 is 5.03. The second-order valence-electron chi connectivity index (χ2n) is 3.21. The number of aryl methyl sites for hydroxylation is 1. The van der Waals surface area contributed by atoms with Gasteiger partial charge in [0, 0.05) is 11.8 Å². The smallest absolute Gasteiger partial charge is 0.206 e. The first-order valence-corrected chi connectivity index (χ1v) is 5.54. The number of ether oxygens (including phenoxy) is 1. The van der Waals surface area contributed by atoms with Crippen LogP contribution in [0.3, 0.4) is 0 Å². The molecule has 0 unspecified atom stereocenters. The summed E-state index contributed by atoms with van der Waals surface area (Å²) in [7, 11) is 1.54. The summed E-state index contributed by atoms with van der Waals surface area (Å²) in [5.74, 6) is 0.513. The van der Waals surface area contributed by atoms with Crippen molar-refractivity contribution in [2.75, 3.05) is 7.11 Å². The second-order valence-corrected chi connectivity index (χ2v) is 4.06. The van der Waals surface area contributed by atoms with Crippen molar-refractivity contribution in [1.82, 2.24) is 9.97 Å². The third-order valence-corrected chi connectivity index (χ3v) is 3.09. The number of methoxy groups -OCH3 is 1. The van der Waals surface area contributed by atoms with Gasteiger partial charge in [0.25, 0.3) is 0 Å². The molecule has 2 aromatic rings. The van der Waals surface area contributed by atoms with Crippen LogP contribution in [0.4, 0.5) is 0 Å². The molecule has 2 heterocycles. The lowest BCUT2D eigenvalue weighted by Crippen LogP contribution is -2.02. The molecule has 0 radical (unpaired) electrons. The van der Waals surface area contributed by atoms with E-state index in [0.29, 0.717) is 16.2 Å². The van der Waals surface area contributed by atoms with Gasteiger partial charge in [0.1, 0.15) is 5.75 Å². The van der Waals surface area contributed by atoms with Crippen molar-refractivity contribution in [1.29, 1.82) is 0 Å². The minimum atomic E-state index is -0.0635. The van der Waals surface area contributed by atoms with Crippen LogP contribution in [-0.4, -0.2) is 22.9 Å². The number of hydrogen-bond donors (Lipinski definition) is 0. The SMILES string of the molecule is COc1cncc(C(=O)c2scnc2C)c1. The molecule has 0 aliphatic carbocycles. The van der Waals surface area contributed by atoms with Gasteiger partial charge in [-0.25, -0.2) is 4.98 Å². The number of nitrogens with zero attached hydrogens (tertiary/aromatic N) is 2. The molecule has 0 fully saturated rings. The zero-order valence-electron chi connectivity index (χ0n) is 8.93. The standard InChI is InChI=1S/C11H10N2O2S/c1-7-11(16-6-13-7)10(14)8-3-9(15-2)5-12-4-8/h3-6H,1-2H3. The number of rotatable bonds is 3. The third-order valence-electron chi connectivity index (χ3n) is 2.16. The number of hydrogen-bond acceptors (Lipinski definition) is 5. The van der Waals surface area contributed by atoms with Crippen LogP contribution in [0.5, 0.6) is 5.75 Å². The van der Waals surface area contributed by atoms with E-state index in [1.54, 1.807) is 24.9 Å². The lowest BCUT2D eigenvalue weighted by molar-refractivity contribution is 0.104. The molecule has 0 aliphatic heterocycles. The highest BCUT2D eigenvalue weighted by molar-refractivity contribution is 7.12. The van der Waals surface area contributed by atoms with Gasteiger partial charge in [-0.1, -0.05) is 0 Å². The zero-order chi connectivity index (χ0) is 11.5. The van der Waals surface area contributed by atoms with Crippen molar-refractivity contribution in [3.63, 3.8) is 0 Å². The molecule has 16 heavy (non-hydrogen) atoms. The maximum atomic E-state index is 12.1. The van der Waals surface area contributed by atoms with Crippen molar-refractivity contribution in [3.05, 3.63) is 40.1 Å². The molecule has 0 amide bonds. The predicted octanol–water partition coefficient (Wildman–Crippen LogP) is 2.09. The molecule has 0 N–H and O–H groups in total. The highest BCUT2D eigenvalue weighted by Gasteiger charge is 2.14. The first-order valence-electron chi connectivity index (χ1n) is 4.66. The Hall–Kier alpha value is -1.75. The predicted molar refractivity (Wildman–Crippen MR) is 61.1 cm³/mol. The monoisotopic (exact) mass is 234 g/mol. The Labute approximate surface area is 96.9 Å². The Kier molecular flexibility index (Phi) is 2.96. The molecule has 0 spiro atoms. The fourth-order valence-corrected chi connectivity index (χ4v) is 2.07. The van der Waals surface area contributed by atoms with E-state index in [4.69, 9.17) is 4.74 Å². The number of pyridine rings is 1. The van der Waals surface area contributed by atoms with Crippen molar-refractivity contribution < 1.29 is 9.53 Å². The van der Waals surface area contributed by atoms with Gasteiger partial charge in [-0.05, 0) is 13.0 Å². The fourth-order valence-electron chi connectivity index (χ4n) is 1.31. The van der Waals surface area contributed by atoms with Gasteiger partial charge in [-0.2, -0.15) is 0 Å². The lowest BCUT2D eigenvalue weighted by atomic mass is 10.1. The molecular weight excluding hydrogens is 224 g/mol. The number of aromatic nitrogens is 2. The van der Waals surface area contributed by atoms with Crippen LogP contribution < -0.4 is 4.74 Å². The molecule has 0 aliphatic rings. The Morgan fingerprint density at radius 2 is 2.25 bits per heavy atom. The summed E-state index contributed by atoms with van der Waals surface area (Å²) >= 11 is 1.34. The average molecular weight is 234 g/mol. The van der Waals surface area contributed by atoms with Crippen LogP contribution >= 0.6 is 11.3 Å². The molecule has 2 aromatic heterocycles. The second kappa shape index (κ2) is 4.40. The molecule has 82 valence electrons. The van der Waals surface area contributed by atoms with Crippen molar-refractivity contribution in [2.45, 2.75) is 6.92 Å². The Morgan fingerprint density at radius 1 is 1.44 bits per heavy atom. The van der Waals surface area contributed by atoms with E-state index < -0.39 is 0 Å². The average Bonchev–Trinajstić information content (AvgIpc) is 2.74. The lowest BCUT2D eigenvalue weighted by Gasteiger charge is -2.01. The summed E-state index contributed by atoms with van der Waals surface area (Å²) in [5.41, 5.74) is 2.93. The quantitative estimate of drug-likeness (QED) is 0.763. The van der Waals surface area contributed by atoms with E-state index in [1.165, 1.54) is 17.5 Å². The first-order chi connectivity index (χ1) is 7.72. The number of thiazole rings is 1. The summed E-state index contributed by atoms with van der Waals surface area (Å²) in [6.07, 6.45) is 3.10. The minimum Gasteiger partial charge on any atom is -0.495 e. The topological polar surface area (TPSA) is 52.1 Å². The van der Waals surface area contributed by atoms with Gasteiger partial charge in [0.15, 0.2) is 0 Å². The van der Waals surface area contributed by atoms with Crippen LogP contribution in [0, 0.1) is 6.92 Å². The van der Waals surface area contributed by atoms with Gasteiger partial charge < -0.3 is 4.74 Å². The Morgan fingerprint density at radius 3 is 2.88 bits per heavy atom. The minimum absolute atomic E-state index is 0.0635. The van der Waals surface area contributed by atoms with E-state index in [0.717, 1.165) is 5.69 Å². The highest BCUT2D eigenvalue weighted by atomic mass is 32.1. The number of carbonyl (C=O) groups excluding carboxylic acids is 1. The molecule has 0 saturated carbocycles. The van der Waals surface area contributed by atoms with Crippen LogP contribution in [-0.2, 0) is 0 Å². The van der Waals surface area contributed by atoms with E-state index in [2.05, 4.69) is 9.97 Å². The Balaban J connectivity index is 2.38. The maximum absolute atomic E-state index is 12.1. The number of ketones is 1. The van der Waals surface area contributed by atoms with Crippen LogP contribution in [0.15, 0.2) is 24.0 Å². The fraction of sp³-hybridized carbons (Fsp3) is 0.182. The van der Waals surface area contributed by atoms with Crippen molar-refractivity contribution >= 4 is 17.1 Å². The normalized spacial score (nSPS) is 10.1. The maximum Gasteiger partial charge on any atom is 0.206 e. The van der Waals surface area contributed by atoms with E-state index in [9.17, 15) is 4.79 Å². The molecular formula is C11H10N2O2S. The van der Waals surface area contributed by atoms with Gasteiger partial charge in [-0.3, -0.25) is 9.78 Å². The van der Waals surface area contributed by atoms with Crippen LogP contribution in [0.1, 0.15) is 20.9 Å². The highest BCUT2D eigenvalue weighted by Crippen LogP contribution is 2.19. The van der Waals surface area contributed by atoms with Gasteiger partial charge in [0.05, 0.1) is 29.4 Å². The van der Waals surface area contributed by atoms with Gasteiger partial charge in [0.2, 0.25) is 5.78 Å². The zero-order valence-corrected chi connectivity index (χ0v) is 9.75. The summed E-state index contributed by atoms with van der Waals surface area (Å²) in [4.78, 5) is 20.7. The first kappa shape index (κ1) is 10.8. The van der Waals surface area contributed by atoms with E-state index in [-0.39, 0.29) is 5.78 Å². The van der Waals surface area contributed by atoms with E-state index >= 15 is 0 Å². The molecule has 2 rings (SSSR count). The largest absolute Gasteiger partial charge is 0.495 e. The van der Waals surface area contributed by atoms with Crippen molar-refractivity contribution in [2.24, 2.45) is 0 Å². The number of carbonyl (C=O) groups is 1. The molecule has 0 bridgehead atoms. The van der Waals surface area contributed by atoms with Gasteiger partial charge >= 0.3 is 0 Å². The summed E-state index contributed by atoms with van der Waals surface area (Å²) in [6, 6.07) is 1.68. The summed E-state index contributed by atoms with van der Waals surface area (Å²) in [6.45, 7) is 1.82. The van der Waals surface area contributed by atoms with Crippen molar-refractivity contribution in [3.8, 4) is 5.75 Å². The van der Waals surface area contributed by atoms with Crippen LogP contribution in [0.25, 0.3) is 0 Å². The molecule has 0 saturated heterocycles. The third kappa shape index (κ3) is 1.94. The Bertz CT molecular complexity index is 522. The molecule has 0 atom stereocenters. The van der Waals surface area contributed by atoms with Gasteiger partial charge in [-0.15, -0.1) is 11.3 Å².